The smallest absolute Gasteiger partial charge is 0.331 e. The summed E-state index contributed by atoms with van der Waals surface area (Å²) in [6.07, 6.45) is 0. The highest BCUT2D eigenvalue weighted by Gasteiger charge is 2.31. The molecule has 2 aromatic rings. The van der Waals surface area contributed by atoms with Gasteiger partial charge in [0.1, 0.15) is 17.6 Å². The van der Waals surface area contributed by atoms with Crippen LogP contribution in [0.25, 0.3) is 0 Å². The second-order valence-electron chi connectivity index (χ2n) is 6.19. The van der Waals surface area contributed by atoms with Crippen molar-refractivity contribution in [2.75, 3.05) is 11.9 Å². The molecule has 2 N–H and O–H groups in total. The molecule has 3 rings (SSSR count). The minimum Gasteiger partial charge on any atom is -0.454 e. The highest BCUT2D eigenvalue weighted by Crippen LogP contribution is 2.24. The predicted octanol–water partition coefficient (Wildman–Crippen LogP) is 1.20. The number of amides is 1. The largest absolute Gasteiger partial charge is 0.454 e. The summed E-state index contributed by atoms with van der Waals surface area (Å²) in [7, 11) is -3.75. The Hall–Kier alpha value is -3.80. The highest BCUT2D eigenvalue weighted by molar-refractivity contribution is 7.90. The first kappa shape index (κ1) is 20.9. The van der Waals surface area contributed by atoms with E-state index in [1.807, 2.05) is 0 Å². The SMILES string of the molecule is C[C@H](N=C1NS(=O)(=O)c2ccccc21)C(=O)OCC(=O)Nc1ccccc1[N+](=O)[O-]. The number of aliphatic imine (C=N–C) groups is 1. The topological polar surface area (TPSA) is 157 Å². The van der Waals surface area contributed by atoms with Crippen molar-refractivity contribution in [3.8, 4) is 0 Å². The van der Waals surface area contributed by atoms with Crippen LogP contribution in [0.4, 0.5) is 11.4 Å². The van der Waals surface area contributed by atoms with Crippen LogP contribution >= 0.6 is 0 Å². The van der Waals surface area contributed by atoms with Crippen molar-refractivity contribution in [3.63, 3.8) is 0 Å². The van der Waals surface area contributed by atoms with Crippen LogP contribution in [-0.4, -0.2) is 43.7 Å². The highest BCUT2D eigenvalue weighted by atomic mass is 32.2. The van der Waals surface area contributed by atoms with Crippen LogP contribution in [0, 0.1) is 10.1 Å². The zero-order valence-electron chi connectivity index (χ0n) is 15.6. The van der Waals surface area contributed by atoms with E-state index in [0.717, 1.165) is 0 Å². The number of esters is 1. The summed E-state index contributed by atoms with van der Waals surface area (Å²) in [6.45, 7) is 0.687. The van der Waals surface area contributed by atoms with E-state index in [1.54, 1.807) is 18.2 Å². The summed E-state index contributed by atoms with van der Waals surface area (Å²) in [5.74, 6) is -1.65. The lowest BCUT2D eigenvalue weighted by Crippen LogP contribution is -2.29. The number of hydrogen-bond acceptors (Lipinski definition) is 8. The lowest BCUT2D eigenvalue weighted by Gasteiger charge is -2.10. The van der Waals surface area contributed by atoms with Gasteiger partial charge in [-0.1, -0.05) is 24.3 Å². The molecule has 12 heteroatoms. The first-order valence-electron chi connectivity index (χ1n) is 8.59. The van der Waals surface area contributed by atoms with Gasteiger partial charge < -0.3 is 10.1 Å². The summed E-state index contributed by atoms with van der Waals surface area (Å²) < 4.78 is 31.3. The second-order valence-corrected chi connectivity index (χ2v) is 7.84. The van der Waals surface area contributed by atoms with E-state index in [9.17, 15) is 28.1 Å². The maximum Gasteiger partial charge on any atom is 0.331 e. The van der Waals surface area contributed by atoms with E-state index in [2.05, 4.69) is 15.0 Å². The lowest BCUT2D eigenvalue weighted by atomic mass is 10.2. The minimum absolute atomic E-state index is 0.000545. The van der Waals surface area contributed by atoms with Gasteiger partial charge in [-0.15, -0.1) is 0 Å². The standard InChI is InChI=1S/C18H16N4O7S/c1-11(19-17-12-6-2-5-9-15(12)30(27,28)21-17)18(24)29-10-16(23)20-13-7-3-4-8-14(13)22(25)26/h2-9,11H,10H2,1H3,(H,19,21)(H,20,23)/t11-/m0/s1. The Morgan fingerprint density at radius 3 is 2.60 bits per heavy atom. The number of carbonyl (C=O) groups excluding carboxylic acids is 2. The number of rotatable bonds is 6. The maximum atomic E-state index is 12.1. The number of nitro benzene ring substituents is 1. The van der Waals surface area contributed by atoms with Crippen LogP contribution in [0.5, 0.6) is 0 Å². The molecule has 156 valence electrons. The number of ether oxygens (including phenoxy) is 1. The van der Waals surface area contributed by atoms with E-state index in [4.69, 9.17) is 4.74 Å². The monoisotopic (exact) mass is 432 g/mol. The molecule has 1 amide bonds. The Morgan fingerprint density at radius 1 is 1.20 bits per heavy atom. The van der Waals surface area contributed by atoms with Crippen molar-refractivity contribution in [2.24, 2.45) is 4.99 Å². The van der Waals surface area contributed by atoms with Crippen molar-refractivity contribution >= 4 is 39.1 Å². The molecule has 1 heterocycles. The number of carbonyl (C=O) groups is 2. The minimum atomic E-state index is -3.75. The lowest BCUT2D eigenvalue weighted by molar-refractivity contribution is -0.383. The summed E-state index contributed by atoms with van der Waals surface area (Å²) in [5, 5.41) is 13.3. The van der Waals surface area contributed by atoms with Gasteiger partial charge in [0, 0.05) is 11.6 Å². The first-order chi connectivity index (χ1) is 14.2. The van der Waals surface area contributed by atoms with Crippen LogP contribution in [0.15, 0.2) is 58.4 Å². The molecule has 2 aromatic carbocycles. The Balaban J connectivity index is 1.63. The Bertz CT molecular complexity index is 1160. The second kappa shape index (κ2) is 8.29. The number of nitrogens with zero attached hydrogens (tertiary/aromatic N) is 2. The van der Waals surface area contributed by atoms with E-state index in [0.29, 0.717) is 5.56 Å². The number of fused-ring (bicyclic) bond motifs is 1. The van der Waals surface area contributed by atoms with E-state index in [-0.39, 0.29) is 22.1 Å². The quantitative estimate of drug-likeness (QED) is 0.394. The molecule has 0 unspecified atom stereocenters. The third-order valence-corrected chi connectivity index (χ3v) is 5.44. The molecular formula is C18H16N4O7S. The third kappa shape index (κ3) is 4.43. The molecule has 1 aliphatic heterocycles. The summed E-state index contributed by atoms with van der Waals surface area (Å²) >= 11 is 0. The molecule has 0 spiro atoms. The zero-order chi connectivity index (χ0) is 21.9. The van der Waals surface area contributed by atoms with Crippen LogP contribution in [0.3, 0.4) is 0 Å². The molecule has 1 aliphatic rings. The van der Waals surface area contributed by atoms with Gasteiger partial charge in [0.15, 0.2) is 6.61 Å². The summed E-state index contributed by atoms with van der Waals surface area (Å²) in [4.78, 5) is 38.5. The normalized spacial score (nSPS) is 16.2. The van der Waals surface area contributed by atoms with Crippen LogP contribution in [-0.2, 0) is 24.3 Å². The van der Waals surface area contributed by atoms with Crippen molar-refractivity contribution in [1.29, 1.82) is 0 Å². The number of hydrogen-bond donors (Lipinski definition) is 2. The van der Waals surface area contributed by atoms with Crippen molar-refractivity contribution in [3.05, 3.63) is 64.2 Å². The van der Waals surface area contributed by atoms with E-state index in [1.165, 1.54) is 37.3 Å². The van der Waals surface area contributed by atoms with Gasteiger partial charge in [-0.25, -0.2) is 13.2 Å². The van der Waals surface area contributed by atoms with E-state index < -0.39 is 39.5 Å². The third-order valence-electron chi connectivity index (χ3n) is 4.05. The van der Waals surface area contributed by atoms with Gasteiger partial charge in [0.25, 0.3) is 21.6 Å². The average Bonchev–Trinajstić information content (AvgIpc) is 2.96. The summed E-state index contributed by atoms with van der Waals surface area (Å²) in [6, 6.07) is 10.6. The fourth-order valence-electron chi connectivity index (χ4n) is 2.66. The number of nitrogens with one attached hydrogen (secondary N) is 2. The number of anilines is 1. The Morgan fingerprint density at radius 2 is 1.87 bits per heavy atom. The van der Waals surface area contributed by atoms with Crippen LogP contribution < -0.4 is 10.0 Å². The molecule has 0 saturated carbocycles. The first-order valence-corrected chi connectivity index (χ1v) is 10.1. The molecule has 0 saturated heterocycles. The van der Waals surface area contributed by atoms with Gasteiger partial charge in [-0.05, 0) is 25.1 Å². The fourth-order valence-corrected chi connectivity index (χ4v) is 3.90. The molecule has 0 fully saturated rings. The molecule has 30 heavy (non-hydrogen) atoms. The molecule has 0 aliphatic carbocycles. The molecule has 11 nitrogen and oxygen atoms in total. The number of sulfonamides is 1. The van der Waals surface area contributed by atoms with Crippen molar-refractivity contribution in [1.82, 2.24) is 4.72 Å². The van der Waals surface area contributed by atoms with Crippen LogP contribution in [0.1, 0.15) is 12.5 Å². The molecular weight excluding hydrogens is 416 g/mol. The Labute approximate surface area is 171 Å². The number of nitro groups is 1. The van der Waals surface area contributed by atoms with Gasteiger partial charge in [-0.3, -0.25) is 24.6 Å². The number of benzene rings is 2. The number of amidine groups is 1. The van der Waals surface area contributed by atoms with Gasteiger partial charge in [-0.2, -0.15) is 0 Å². The maximum absolute atomic E-state index is 12.1. The zero-order valence-corrected chi connectivity index (χ0v) is 16.4. The van der Waals surface area contributed by atoms with Crippen LogP contribution in [0.2, 0.25) is 0 Å². The molecule has 0 aromatic heterocycles. The fraction of sp³-hybridized carbons (Fsp3) is 0.167. The molecule has 1 atom stereocenters. The van der Waals surface area contributed by atoms with Crippen molar-refractivity contribution < 1.29 is 27.7 Å². The van der Waals surface area contributed by atoms with E-state index >= 15 is 0 Å². The Kier molecular flexibility index (Phi) is 5.78. The predicted molar refractivity (Wildman–Crippen MR) is 105 cm³/mol. The number of para-hydroxylation sites is 2. The molecule has 0 bridgehead atoms. The van der Waals surface area contributed by atoms with Gasteiger partial charge in [0.2, 0.25) is 0 Å². The van der Waals surface area contributed by atoms with Gasteiger partial charge in [0.05, 0.1) is 9.82 Å². The van der Waals surface area contributed by atoms with Gasteiger partial charge >= 0.3 is 5.97 Å². The van der Waals surface area contributed by atoms with Crippen molar-refractivity contribution in [2.45, 2.75) is 17.9 Å². The average molecular weight is 432 g/mol. The molecule has 0 radical (unpaired) electrons. The summed E-state index contributed by atoms with van der Waals surface area (Å²) in [5.41, 5.74) is -0.00998.